The maximum absolute atomic E-state index is 13.9. The van der Waals surface area contributed by atoms with Gasteiger partial charge in [-0.05, 0) is 108 Å². The number of esters is 1. The molecular weight excluding hydrogens is 592 g/mol. The van der Waals surface area contributed by atoms with Gasteiger partial charge in [-0.2, -0.15) is 0 Å². The summed E-state index contributed by atoms with van der Waals surface area (Å²) in [5.41, 5.74) is 9.24. The van der Waals surface area contributed by atoms with Gasteiger partial charge in [0.1, 0.15) is 18.0 Å². The van der Waals surface area contributed by atoms with Crippen LogP contribution in [0.15, 0.2) is 72.8 Å². The van der Waals surface area contributed by atoms with E-state index in [1.807, 2.05) is 18.2 Å². The van der Waals surface area contributed by atoms with Gasteiger partial charge in [-0.15, -0.1) is 0 Å². The van der Waals surface area contributed by atoms with Crippen LogP contribution in [0.25, 0.3) is 16.7 Å². The van der Waals surface area contributed by atoms with E-state index in [0.29, 0.717) is 18.1 Å². The van der Waals surface area contributed by atoms with Gasteiger partial charge >= 0.3 is 5.97 Å². The highest BCUT2D eigenvalue weighted by Gasteiger charge is 2.36. The van der Waals surface area contributed by atoms with Crippen molar-refractivity contribution in [3.8, 4) is 11.5 Å². The summed E-state index contributed by atoms with van der Waals surface area (Å²) in [4.78, 5) is 16.4. The lowest BCUT2D eigenvalue weighted by atomic mass is 9.83. The summed E-state index contributed by atoms with van der Waals surface area (Å²) < 4.78 is 15.4. The van der Waals surface area contributed by atoms with Gasteiger partial charge in [0.05, 0.1) is 23.8 Å². The Balaban J connectivity index is 1.49. The lowest BCUT2D eigenvalue weighted by Gasteiger charge is -2.43. The van der Waals surface area contributed by atoms with Crippen LogP contribution in [-0.2, 0) is 4.74 Å². The molecule has 7 rings (SSSR count). The average molecular weight is 642 g/mol. The monoisotopic (exact) mass is 641 g/mol. The highest BCUT2D eigenvalue weighted by Crippen LogP contribution is 2.46. The number of benzene rings is 3. The number of nitrogens with zero attached hydrogens (tertiary/aromatic N) is 2. The van der Waals surface area contributed by atoms with Crippen molar-refractivity contribution in [2.75, 3.05) is 24.6 Å². The minimum atomic E-state index is -0.275. The predicted molar refractivity (Wildman–Crippen MR) is 197 cm³/mol. The molecule has 0 bridgehead atoms. The van der Waals surface area contributed by atoms with Gasteiger partial charge < -0.3 is 14.4 Å². The lowest BCUT2D eigenvalue weighted by Crippen LogP contribution is -2.49. The zero-order valence-electron chi connectivity index (χ0n) is 29.9. The van der Waals surface area contributed by atoms with Crippen LogP contribution in [0.4, 0.5) is 5.69 Å². The molecule has 0 amide bonds. The number of carbonyl (C=O) groups is 1. The van der Waals surface area contributed by atoms with E-state index in [4.69, 9.17) is 9.47 Å². The number of hydrogen-bond donors (Lipinski definition) is 0. The number of fused-ring (bicyclic) bond motifs is 4. The van der Waals surface area contributed by atoms with Gasteiger partial charge in [0, 0.05) is 59.6 Å². The Morgan fingerprint density at radius 2 is 1.69 bits per heavy atom. The van der Waals surface area contributed by atoms with Crippen LogP contribution < -0.4 is 24.8 Å². The molecule has 1 unspecified atom stereocenters. The van der Waals surface area contributed by atoms with Crippen molar-refractivity contribution in [3.63, 3.8) is 0 Å². The van der Waals surface area contributed by atoms with E-state index in [1.54, 1.807) is 0 Å². The van der Waals surface area contributed by atoms with E-state index < -0.39 is 0 Å². The average Bonchev–Trinajstić information content (AvgIpc) is 3.05. The van der Waals surface area contributed by atoms with Crippen molar-refractivity contribution in [1.82, 2.24) is 4.58 Å². The zero-order chi connectivity index (χ0) is 34.0. The number of rotatable bonds is 6. The van der Waals surface area contributed by atoms with Gasteiger partial charge in [-0.1, -0.05) is 36.4 Å². The molecule has 4 aliphatic rings. The molecule has 1 atom stereocenters. The minimum absolute atomic E-state index is 0.125. The summed E-state index contributed by atoms with van der Waals surface area (Å²) in [7, 11) is 0. The molecule has 248 valence electrons. The molecule has 0 N–H and O–H groups in total. The second-order valence-electron chi connectivity index (χ2n) is 15.0. The van der Waals surface area contributed by atoms with Crippen LogP contribution in [0.1, 0.15) is 107 Å². The molecular formula is C43H49N2O3+. The first-order valence-corrected chi connectivity index (χ1v) is 17.7. The summed E-state index contributed by atoms with van der Waals surface area (Å²) in [6.45, 7) is 20.1. The molecule has 0 spiro atoms. The first-order valence-electron chi connectivity index (χ1n) is 17.7. The maximum atomic E-state index is 13.9. The molecule has 5 heteroatoms. The molecule has 3 heterocycles. The van der Waals surface area contributed by atoms with E-state index in [-0.39, 0.29) is 17.0 Å². The van der Waals surface area contributed by atoms with Crippen molar-refractivity contribution in [2.24, 2.45) is 5.92 Å². The van der Waals surface area contributed by atoms with E-state index in [1.165, 1.54) is 33.3 Å². The largest absolute Gasteiger partial charge is 0.462 e. The van der Waals surface area contributed by atoms with Gasteiger partial charge in [-0.25, -0.2) is 9.37 Å². The Hall–Kier alpha value is -4.38. The quantitative estimate of drug-likeness (QED) is 0.121. The van der Waals surface area contributed by atoms with E-state index in [9.17, 15) is 4.79 Å². The Morgan fingerprint density at radius 3 is 2.42 bits per heavy atom. The SMILES string of the molecule is CCN1c2cc3c(cc2C(C)=CC1(C)C)C(c1ccccc1C(=O)OCC1CC=CCC1)=c1cc2c(cc1O3)=[N+](CC)C(C)(C)C=C2C. The zero-order valence-corrected chi connectivity index (χ0v) is 29.9. The summed E-state index contributed by atoms with van der Waals surface area (Å²) in [6, 6.07) is 17.0. The third-order valence-corrected chi connectivity index (χ3v) is 10.8. The minimum Gasteiger partial charge on any atom is -0.462 e. The number of allylic oxidation sites excluding steroid dienone is 4. The Morgan fingerprint density at radius 1 is 0.917 bits per heavy atom. The molecule has 0 saturated heterocycles. The van der Waals surface area contributed by atoms with E-state index in [2.05, 4.69) is 120 Å². The molecule has 3 aromatic carbocycles. The molecule has 3 aliphatic heterocycles. The number of hydrogen-bond acceptors (Lipinski definition) is 4. The van der Waals surface area contributed by atoms with Crippen LogP contribution in [0, 0.1) is 5.92 Å². The van der Waals surface area contributed by atoms with Crippen LogP contribution in [0.2, 0.25) is 0 Å². The highest BCUT2D eigenvalue weighted by molar-refractivity contribution is 6.00. The van der Waals surface area contributed by atoms with E-state index >= 15 is 0 Å². The number of likely N-dealkylation sites (N-methyl/N-ethyl adjacent to an activating group) is 2. The molecule has 5 nitrogen and oxygen atoms in total. The molecule has 0 saturated carbocycles. The van der Waals surface area contributed by atoms with Crippen molar-refractivity contribution < 1.29 is 14.3 Å². The highest BCUT2D eigenvalue weighted by atomic mass is 16.5. The fourth-order valence-electron chi connectivity index (χ4n) is 8.64. The number of carbonyl (C=O) groups excluding carboxylic acids is 1. The van der Waals surface area contributed by atoms with Crippen LogP contribution >= 0.6 is 0 Å². The van der Waals surface area contributed by atoms with Crippen LogP contribution in [0.5, 0.6) is 11.5 Å². The maximum Gasteiger partial charge on any atom is 0.338 e. The lowest BCUT2D eigenvalue weighted by molar-refractivity contribution is 0.0432. The smallest absolute Gasteiger partial charge is 0.338 e. The Bertz CT molecular complexity index is 2060. The normalized spacial score (nSPS) is 20.1. The van der Waals surface area contributed by atoms with Gasteiger partial charge in [0.2, 0.25) is 5.36 Å². The summed E-state index contributed by atoms with van der Waals surface area (Å²) in [6.07, 6.45) is 12.2. The Labute approximate surface area is 285 Å². The standard InChI is InChI=1S/C43H49N2O3/c1-9-44-36-22-38-34(20-32(36)27(3)24-42(44,5)6)40(30-18-14-15-19-31(30)41(46)47-26-29-16-12-11-13-17-29)35-21-33-28(4)25-43(7,8)45(10-2)37(33)23-39(35)48-38/h11-12,14-15,18-25,29H,9-10,13,16-17,26H2,1-8H3/q+1. The van der Waals surface area contributed by atoms with Crippen molar-refractivity contribution in [2.45, 2.75) is 85.7 Å². The molecule has 3 aromatic rings. The van der Waals surface area contributed by atoms with Crippen LogP contribution in [0.3, 0.4) is 0 Å². The second kappa shape index (κ2) is 11.9. The summed E-state index contributed by atoms with van der Waals surface area (Å²) in [5, 5.41) is 2.17. The predicted octanol–water partition coefficient (Wildman–Crippen LogP) is 8.28. The van der Waals surface area contributed by atoms with Crippen molar-refractivity contribution in [1.29, 1.82) is 0 Å². The van der Waals surface area contributed by atoms with Gasteiger partial charge in [-0.3, -0.25) is 0 Å². The number of anilines is 1. The Kier molecular flexibility index (Phi) is 8.01. The summed E-state index contributed by atoms with van der Waals surface area (Å²) >= 11 is 0. The van der Waals surface area contributed by atoms with Gasteiger partial charge in [0.15, 0.2) is 5.54 Å². The fraction of sp³-hybridized carbons (Fsp3) is 0.395. The summed E-state index contributed by atoms with van der Waals surface area (Å²) in [5.74, 6) is 1.70. The van der Waals surface area contributed by atoms with Crippen molar-refractivity contribution in [3.05, 3.63) is 111 Å². The third-order valence-electron chi connectivity index (χ3n) is 10.8. The van der Waals surface area contributed by atoms with Crippen molar-refractivity contribution >= 4 is 28.4 Å². The van der Waals surface area contributed by atoms with Gasteiger partial charge in [0.25, 0.3) is 0 Å². The fourth-order valence-corrected chi connectivity index (χ4v) is 8.64. The van der Waals surface area contributed by atoms with E-state index in [0.717, 1.165) is 65.8 Å². The molecule has 0 fully saturated rings. The molecule has 0 aromatic heterocycles. The van der Waals surface area contributed by atoms with Crippen LogP contribution in [-0.4, -0.2) is 36.7 Å². The topological polar surface area (TPSA) is 41.8 Å². The first-order chi connectivity index (χ1) is 22.9. The molecule has 0 radical (unpaired) electrons. The second-order valence-corrected chi connectivity index (χ2v) is 15.0. The first kappa shape index (κ1) is 32.2. The molecule has 48 heavy (non-hydrogen) atoms. The third kappa shape index (κ3) is 5.32. The number of ether oxygens (including phenoxy) is 2. The molecule has 1 aliphatic carbocycles.